The molecule has 1 rings (SSSR count). The molecule has 0 bridgehead atoms. The van der Waals surface area contributed by atoms with E-state index in [1.165, 1.54) is 0 Å². The number of ether oxygens (including phenoxy) is 1. The van der Waals surface area contributed by atoms with Crippen molar-refractivity contribution >= 4 is 19.6 Å². The number of rotatable bonds is 7. The molecule has 0 saturated heterocycles. The van der Waals surface area contributed by atoms with E-state index >= 15 is 0 Å². The molecule has 0 unspecified atom stereocenters. The maximum Gasteiger partial charge on any atom is 0.416 e. The third kappa shape index (κ3) is 6.82. The van der Waals surface area contributed by atoms with Gasteiger partial charge in [0.2, 0.25) is 5.91 Å². The van der Waals surface area contributed by atoms with Gasteiger partial charge in [-0.1, -0.05) is 30.3 Å². The van der Waals surface area contributed by atoms with Crippen molar-refractivity contribution in [2.45, 2.75) is 13.0 Å². The molecule has 0 atom stereocenters. The maximum atomic E-state index is 11.9. The second kappa shape index (κ2) is 8.65. The molecule has 0 fully saturated rings. The summed E-state index contributed by atoms with van der Waals surface area (Å²) in [5.74, 6) is -0.631. The monoisotopic (exact) mass is 330 g/mol. The Bertz CT molecular complexity index is 545. The lowest BCUT2D eigenvalue weighted by atomic mass is 10.2. The molecule has 4 N–H and O–H groups in total. The summed E-state index contributed by atoms with van der Waals surface area (Å²) < 4.78 is 15.9. The number of carbonyl (C=O) groups excluding carboxylic acids is 2. The number of amides is 2. The highest BCUT2D eigenvalue weighted by Crippen LogP contribution is 2.33. The van der Waals surface area contributed by atoms with Crippen LogP contribution in [0.4, 0.5) is 4.79 Å². The quantitative estimate of drug-likeness (QED) is 0.627. The third-order valence-electron chi connectivity index (χ3n) is 2.70. The number of nitrogens with zero attached hydrogens (tertiary/aromatic N) is 1. The summed E-state index contributed by atoms with van der Waals surface area (Å²) >= 11 is 0. The Morgan fingerprint density at radius 2 is 1.86 bits per heavy atom. The Kier molecular flexibility index (Phi) is 7.20. The Labute approximate surface area is 128 Å². The molecule has 0 saturated carbocycles. The van der Waals surface area contributed by atoms with Crippen LogP contribution in [0.1, 0.15) is 12.0 Å². The molecule has 1 aromatic rings. The molecule has 9 heteroatoms. The predicted molar refractivity (Wildman–Crippen MR) is 78.9 cm³/mol. The van der Waals surface area contributed by atoms with Crippen LogP contribution in [0, 0.1) is 0 Å². The second-order valence-corrected chi connectivity index (χ2v) is 6.29. The smallest absolute Gasteiger partial charge is 0.416 e. The van der Waals surface area contributed by atoms with Gasteiger partial charge < -0.3 is 20.3 Å². The Morgan fingerprint density at radius 1 is 1.23 bits per heavy atom. The zero-order chi connectivity index (χ0) is 16.6. The lowest BCUT2D eigenvalue weighted by molar-refractivity contribution is -0.129. The van der Waals surface area contributed by atoms with Crippen molar-refractivity contribution in [2.24, 2.45) is 5.73 Å². The van der Waals surface area contributed by atoms with Crippen LogP contribution in [-0.4, -0.2) is 45.9 Å². The Hall–Kier alpha value is -1.73. The average Bonchev–Trinajstić information content (AvgIpc) is 2.45. The summed E-state index contributed by atoms with van der Waals surface area (Å²) in [7, 11) is -4.33. The van der Waals surface area contributed by atoms with Crippen LogP contribution in [-0.2, 0) is 20.7 Å². The standard InChI is InChI=1S/C13H19N2O6P/c14-7-6-12(16)15(8-9-22(18,19)20)13(17)21-10-11-4-2-1-3-5-11/h1-5H,6-10,14H2,(H2,18,19,20). The molecule has 0 heterocycles. The normalized spacial score (nSPS) is 11.0. The first-order valence-electron chi connectivity index (χ1n) is 6.59. The minimum absolute atomic E-state index is 0.0250. The number of nitrogens with two attached hydrogens (primary N) is 1. The first-order valence-corrected chi connectivity index (χ1v) is 8.39. The van der Waals surface area contributed by atoms with Gasteiger partial charge in [-0.2, -0.15) is 0 Å². The van der Waals surface area contributed by atoms with Crippen molar-refractivity contribution in [2.75, 3.05) is 19.3 Å². The molecule has 22 heavy (non-hydrogen) atoms. The van der Waals surface area contributed by atoms with Crippen molar-refractivity contribution in [1.82, 2.24) is 4.90 Å². The van der Waals surface area contributed by atoms with Crippen LogP contribution < -0.4 is 5.73 Å². The summed E-state index contributed by atoms with van der Waals surface area (Å²) in [5, 5.41) is 0. The molecular formula is C13H19N2O6P. The van der Waals surface area contributed by atoms with E-state index in [2.05, 4.69) is 0 Å². The van der Waals surface area contributed by atoms with E-state index < -0.39 is 32.3 Å². The average molecular weight is 330 g/mol. The summed E-state index contributed by atoms with van der Waals surface area (Å²) in [6, 6.07) is 8.84. The Balaban J connectivity index is 2.66. The summed E-state index contributed by atoms with van der Waals surface area (Å²) in [6.07, 6.45) is -1.68. The zero-order valence-electron chi connectivity index (χ0n) is 11.9. The van der Waals surface area contributed by atoms with Gasteiger partial charge in [0.1, 0.15) is 6.61 Å². The summed E-state index contributed by atoms with van der Waals surface area (Å²) in [6.45, 7) is -0.435. The molecular weight excluding hydrogens is 311 g/mol. The van der Waals surface area contributed by atoms with E-state index in [-0.39, 0.29) is 19.6 Å². The molecule has 2 amide bonds. The van der Waals surface area contributed by atoms with Gasteiger partial charge in [0.05, 0.1) is 6.16 Å². The van der Waals surface area contributed by atoms with E-state index in [1.54, 1.807) is 24.3 Å². The van der Waals surface area contributed by atoms with Crippen LogP contribution in [0.2, 0.25) is 0 Å². The van der Waals surface area contributed by atoms with Crippen LogP contribution in [0.3, 0.4) is 0 Å². The van der Waals surface area contributed by atoms with Crippen molar-refractivity contribution in [3.8, 4) is 0 Å². The first-order chi connectivity index (χ1) is 10.3. The number of carbonyl (C=O) groups is 2. The van der Waals surface area contributed by atoms with E-state index in [1.807, 2.05) is 6.07 Å². The van der Waals surface area contributed by atoms with Gasteiger partial charge in [0.25, 0.3) is 0 Å². The highest BCUT2D eigenvalue weighted by molar-refractivity contribution is 7.51. The molecule has 0 spiro atoms. The predicted octanol–water partition coefficient (Wildman–Crippen LogP) is 0.678. The van der Waals surface area contributed by atoms with Crippen LogP contribution >= 0.6 is 7.60 Å². The van der Waals surface area contributed by atoms with Crippen molar-refractivity contribution < 1.29 is 28.7 Å². The van der Waals surface area contributed by atoms with Crippen LogP contribution in [0.15, 0.2) is 30.3 Å². The van der Waals surface area contributed by atoms with Gasteiger partial charge >= 0.3 is 13.7 Å². The van der Waals surface area contributed by atoms with Gasteiger partial charge in [-0.3, -0.25) is 9.36 Å². The lowest BCUT2D eigenvalue weighted by Gasteiger charge is -2.20. The second-order valence-electron chi connectivity index (χ2n) is 4.51. The molecule has 0 radical (unpaired) electrons. The topological polar surface area (TPSA) is 130 Å². The number of hydrogen-bond acceptors (Lipinski definition) is 5. The summed E-state index contributed by atoms with van der Waals surface area (Å²) in [5.41, 5.74) is 5.99. The van der Waals surface area contributed by atoms with Crippen molar-refractivity contribution in [3.63, 3.8) is 0 Å². The molecule has 0 aliphatic heterocycles. The summed E-state index contributed by atoms with van der Waals surface area (Å²) in [4.78, 5) is 42.1. The minimum Gasteiger partial charge on any atom is -0.444 e. The molecule has 0 aliphatic rings. The molecule has 1 aromatic carbocycles. The first kappa shape index (κ1) is 18.3. The van der Waals surface area contributed by atoms with Crippen molar-refractivity contribution in [1.29, 1.82) is 0 Å². The van der Waals surface area contributed by atoms with Gasteiger partial charge in [-0.05, 0) is 5.56 Å². The van der Waals surface area contributed by atoms with E-state index in [9.17, 15) is 14.2 Å². The van der Waals surface area contributed by atoms with Gasteiger partial charge in [-0.25, -0.2) is 9.69 Å². The highest BCUT2D eigenvalue weighted by atomic mass is 31.2. The number of benzene rings is 1. The Morgan fingerprint density at radius 3 is 2.41 bits per heavy atom. The minimum atomic E-state index is -4.33. The highest BCUT2D eigenvalue weighted by Gasteiger charge is 2.25. The van der Waals surface area contributed by atoms with Crippen LogP contribution in [0.5, 0.6) is 0 Å². The molecule has 0 aliphatic carbocycles. The SMILES string of the molecule is NCCC(=O)N(CCP(=O)(O)O)C(=O)OCc1ccccc1. The fourth-order valence-electron chi connectivity index (χ4n) is 1.60. The van der Waals surface area contributed by atoms with E-state index in [0.29, 0.717) is 4.90 Å². The fraction of sp³-hybridized carbons (Fsp3) is 0.385. The largest absolute Gasteiger partial charge is 0.444 e. The van der Waals surface area contributed by atoms with Gasteiger partial charge in [0, 0.05) is 19.5 Å². The maximum absolute atomic E-state index is 11.9. The number of imide groups is 1. The van der Waals surface area contributed by atoms with E-state index in [0.717, 1.165) is 5.56 Å². The zero-order valence-corrected chi connectivity index (χ0v) is 12.8. The van der Waals surface area contributed by atoms with Gasteiger partial charge in [-0.15, -0.1) is 0 Å². The fourth-order valence-corrected chi connectivity index (χ4v) is 2.06. The number of hydrogen-bond donors (Lipinski definition) is 3. The van der Waals surface area contributed by atoms with E-state index in [4.69, 9.17) is 20.3 Å². The van der Waals surface area contributed by atoms with Gasteiger partial charge in [0.15, 0.2) is 0 Å². The molecule has 8 nitrogen and oxygen atoms in total. The molecule has 0 aromatic heterocycles. The lowest BCUT2D eigenvalue weighted by Crippen LogP contribution is -2.40. The van der Waals surface area contributed by atoms with Crippen LogP contribution in [0.25, 0.3) is 0 Å². The third-order valence-corrected chi connectivity index (χ3v) is 3.48. The van der Waals surface area contributed by atoms with Crippen molar-refractivity contribution in [3.05, 3.63) is 35.9 Å². The molecule has 122 valence electrons.